The van der Waals surface area contributed by atoms with Gasteiger partial charge in [0.2, 0.25) is 0 Å². The fraction of sp³-hybridized carbons (Fsp3) is 0.240. The molecule has 0 radical (unpaired) electrons. The van der Waals surface area contributed by atoms with Crippen LogP contribution in [0, 0.1) is 6.92 Å². The monoisotopic (exact) mass is 445 g/mol. The molecule has 4 nitrogen and oxygen atoms in total. The number of aromatic nitrogens is 1. The SMILES string of the molecule is CC.CC.Cc1ccc(C(F)(F)F)c2cc(-c3ccc(-c4ccc(C(=O)O)cc4)[nH]3)oc12. The van der Waals surface area contributed by atoms with Crippen molar-refractivity contribution in [3.63, 3.8) is 0 Å². The number of H-pyrrole nitrogens is 1. The minimum absolute atomic E-state index is 0.0180. The zero-order chi connectivity index (χ0) is 24.1. The van der Waals surface area contributed by atoms with Gasteiger partial charge in [0, 0.05) is 11.1 Å². The second-order valence-corrected chi connectivity index (χ2v) is 6.45. The van der Waals surface area contributed by atoms with Crippen LogP contribution in [-0.2, 0) is 6.18 Å². The summed E-state index contributed by atoms with van der Waals surface area (Å²) in [6.45, 7) is 9.69. The van der Waals surface area contributed by atoms with Crippen molar-refractivity contribution >= 4 is 16.9 Å². The molecule has 0 saturated heterocycles. The summed E-state index contributed by atoms with van der Waals surface area (Å²) in [5, 5.41) is 8.99. The Balaban J connectivity index is 0.000000860. The highest BCUT2D eigenvalue weighted by Gasteiger charge is 2.34. The number of nitrogens with one attached hydrogen (secondary N) is 1. The number of furan rings is 1. The van der Waals surface area contributed by atoms with Crippen molar-refractivity contribution < 1.29 is 27.5 Å². The highest BCUT2D eigenvalue weighted by molar-refractivity contribution is 5.89. The van der Waals surface area contributed by atoms with Crippen LogP contribution < -0.4 is 0 Å². The molecule has 2 N–H and O–H groups in total. The molecule has 0 aliphatic rings. The van der Waals surface area contributed by atoms with Crippen LogP contribution in [-0.4, -0.2) is 16.1 Å². The van der Waals surface area contributed by atoms with Crippen molar-refractivity contribution in [3.05, 3.63) is 71.3 Å². The lowest BCUT2D eigenvalue weighted by atomic mass is 10.1. The average molecular weight is 445 g/mol. The smallest absolute Gasteiger partial charge is 0.417 e. The van der Waals surface area contributed by atoms with Crippen LogP contribution >= 0.6 is 0 Å². The van der Waals surface area contributed by atoms with Crippen LogP contribution in [0.1, 0.15) is 49.2 Å². The molecule has 32 heavy (non-hydrogen) atoms. The summed E-state index contributed by atoms with van der Waals surface area (Å²) in [5.41, 5.74) is 2.22. The second kappa shape index (κ2) is 10.2. The number of aryl methyl sites for hydroxylation is 1. The van der Waals surface area contributed by atoms with E-state index >= 15 is 0 Å². The molecule has 170 valence electrons. The highest BCUT2D eigenvalue weighted by atomic mass is 19.4. The molecule has 0 bridgehead atoms. The van der Waals surface area contributed by atoms with Crippen LogP contribution in [0.2, 0.25) is 0 Å². The number of aromatic amines is 1. The van der Waals surface area contributed by atoms with Crippen molar-refractivity contribution in [3.8, 4) is 22.7 Å². The summed E-state index contributed by atoms with van der Waals surface area (Å²) < 4.78 is 45.6. The number of carboxylic acid groups (broad SMARTS) is 1. The highest BCUT2D eigenvalue weighted by Crippen LogP contribution is 2.39. The quantitative estimate of drug-likeness (QED) is 0.334. The first kappa shape index (κ1) is 24.8. The van der Waals surface area contributed by atoms with Gasteiger partial charge < -0.3 is 14.5 Å². The number of rotatable bonds is 3. The summed E-state index contributed by atoms with van der Waals surface area (Å²) in [6.07, 6.45) is -4.47. The molecule has 4 aromatic rings. The molecule has 0 saturated carbocycles. The van der Waals surface area contributed by atoms with E-state index in [-0.39, 0.29) is 16.5 Å². The van der Waals surface area contributed by atoms with E-state index in [1.54, 1.807) is 31.2 Å². The number of aromatic carboxylic acids is 1. The molecule has 0 aliphatic heterocycles. The van der Waals surface area contributed by atoms with E-state index in [1.165, 1.54) is 24.3 Å². The minimum Gasteiger partial charge on any atom is -0.478 e. The molecule has 0 fully saturated rings. The first-order valence-electron chi connectivity index (χ1n) is 10.4. The Labute approximate surface area is 184 Å². The van der Waals surface area contributed by atoms with Gasteiger partial charge in [-0.15, -0.1) is 0 Å². The molecule has 0 aliphatic carbocycles. The lowest BCUT2D eigenvalue weighted by molar-refractivity contribution is -0.136. The maximum absolute atomic E-state index is 13.3. The number of carbonyl (C=O) groups is 1. The Morgan fingerprint density at radius 1 is 0.906 bits per heavy atom. The fourth-order valence-electron chi connectivity index (χ4n) is 3.14. The van der Waals surface area contributed by atoms with E-state index < -0.39 is 17.7 Å². The predicted molar refractivity (Wildman–Crippen MR) is 121 cm³/mol. The van der Waals surface area contributed by atoms with E-state index in [9.17, 15) is 18.0 Å². The number of hydrogen-bond acceptors (Lipinski definition) is 2. The topological polar surface area (TPSA) is 66.2 Å². The predicted octanol–water partition coefficient (Wildman–Crippen LogP) is 8.17. The van der Waals surface area contributed by atoms with Crippen molar-refractivity contribution in [2.45, 2.75) is 40.8 Å². The Kier molecular flexibility index (Phi) is 7.92. The maximum Gasteiger partial charge on any atom is 0.417 e. The second-order valence-electron chi connectivity index (χ2n) is 6.45. The maximum atomic E-state index is 13.3. The first-order valence-corrected chi connectivity index (χ1v) is 10.4. The summed E-state index contributed by atoms with van der Waals surface area (Å²) in [4.78, 5) is 14.1. The zero-order valence-electron chi connectivity index (χ0n) is 18.6. The lowest BCUT2D eigenvalue weighted by Gasteiger charge is -2.07. The van der Waals surface area contributed by atoms with Gasteiger partial charge >= 0.3 is 12.1 Å². The van der Waals surface area contributed by atoms with Gasteiger partial charge in [-0.25, -0.2) is 4.79 Å². The molecule has 2 aromatic heterocycles. The van der Waals surface area contributed by atoms with Gasteiger partial charge in [-0.2, -0.15) is 13.2 Å². The first-order chi connectivity index (χ1) is 15.2. The zero-order valence-corrected chi connectivity index (χ0v) is 18.6. The molecule has 7 heteroatoms. The standard InChI is InChI=1S/C21H14F3NO3.2C2H6/c1-11-2-7-15(21(22,23)24)14-10-18(28-19(11)14)17-9-8-16(25-17)12-3-5-13(6-4-12)20(26)27;2*1-2/h2-10,25H,1H3,(H,26,27);2*1-2H3. The third-order valence-corrected chi connectivity index (χ3v) is 4.58. The number of fused-ring (bicyclic) bond motifs is 1. The van der Waals surface area contributed by atoms with Crippen molar-refractivity contribution in [1.82, 2.24) is 4.98 Å². The molecule has 0 unspecified atom stereocenters. The van der Waals surface area contributed by atoms with Gasteiger partial charge in [-0.05, 0) is 54.4 Å². The fourth-order valence-corrected chi connectivity index (χ4v) is 3.14. The van der Waals surface area contributed by atoms with Crippen LogP contribution in [0.4, 0.5) is 13.2 Å². The van der Waals surface area contributed by atoms with Gasteiger partial charge in [-0.1, -0.05) is 45.9 Å². The summed E-state index contributed by atoms with van der Waals surface area (Å²) in [6, 6.07) is 13.6. The molecule has 4 rings (SSSR count). The van der Waals surface area contributed by atoms with E-state index in [0.29, 0.717) is 22.7 Å². The summed E-state index contributed by atoms with van der Waals surface area (Å²) >= 11 is 0. The van der Waals surface area contributed by atoms with Crippen molar-refractivity contribution in [2.75, 3.05) is 0 Å². The molecule has 0 atom stereocenters. The van der Waals surface area contributed by atoms with Crippen LogP contribution in [0.25, 0.3) is 33.7 Å². The van der Waals surface area contributed by atoms with Gasteiger partial charge in [0.1, 0.15) is 5.58 Å². The van der Waals surface area contributed by atoms with Crippen molar-refractivity contribution in [2.24, 2.45) is 0 Å². The van der Waals surface area contributed by atoms with Crippen molar-refractivity contribution in [1.29, 1.82) is 0 Å². The van der Waals surface area contributed by atoms with Crippen LogP contribution in [0.5, 0.6) is 0 Å². The lowest BCUT2D eigenvalue weighted by Crippen LogP contribution is -2.05. The number of carboxylic acids is 1. The minimum atomic E-state index is -4.47. The van der Waals surface area contributed by atoms with E-state index in [1.807, 2.05) is 27.7 Å². The number of hydrogen-bond donors (Lipinski definition) is 2. The Bertz CT molecular complexity index is 1190. The van der Waals surface area contributed by atoms with Gasteiger partial charge in [0.25, 0.3) is 0 Å². The average Bonchev–Trinajstić information content (AvgIpc) is 3.44. The Hall–Kier alpha value is -3.48. The van der Waals surface area contributed by atoms with E-state index in [2.05, 4.69) is 4.98 Å². The van der Waals surface area contributed by atoms with E-state index in [0.717, 1.165) is 11.6 Å². The Morgan fingerprint density at radius 2 is 1.50 bits per heavy atom. The van der Waals surface area contributed by atoms with Gasteiger partial charge in [0.05, 0.1) is 16.8 Å². The third kappa shape index (κ3) is 5.04. The van der Waals surface area contributed by atoms with Gasteiger partial charge in [0.15, 0.2) is 5.76 Å². The molecular weight excluding hydrogens is 419 g/mol. The van der Waals surface area contributed by atoms with Crippen LogP contribution in [0.15, 0.2) is 59.0 Å². The molecular formula is C25H26F3NO3. The molecule has 2 heterocycles. The summed E-state index contributed by atoms with van der Waals surface area (Å²) in [7, 11) is 0. The Morgan fingerprint density at radius 3 is 2.06 bits per heavy atom. The largest absolute Gasteiger partial charge is 0.478 e. The third-order valence-electron chi connectivity index (χ3n) is 4.58. The van der Waals surface area contributed by atoms with E-state index in [4.69, 9.17) is 9.52 Å². The number of halogens is 3. The number of benzene rings is 2. The molecule has 2 aromatic carbocycles. The molecule has 0 amide bonds. The number of alkyl halides is 3. The van der Waals surface area contributed by atoms with Gasteiger partial charge in [-0.3, -0.25) is 0 Å². The molecule has 0 spiro atoms. The summed E-state index contributed by atoms with van der Waals surface area (Å²) in [5.74, 6) is -0.722. The van der Waals surface area contributed by atoms with Crippen LogP contribution in [0.3, 0.4) is 0 Å². The normalized spacial score (nSPS) is 10.8.